The standard InChI is InChI=1S/C32H67N/c1-5-7-9-11-13-15-17-18-19-20-22-24-26-28-30-31(32(3,4)33)29-27-25-23-21-16-14-12-10-8-6-2/h31H,5-30,33H2,1-4H3. The minimum Gasteiger partial charge on any atom is -0.325 e. The molecule has 0 amide bonds. The van der Waals surface area contributed by atoms with Gasteiger partial charge in [0.05, 0.1) is 0 Å². The molecule has 0 rings (SSSR count). The maximum atomic E-state index is 6.55. The van der Waals surface area contributed by atoms with E-state index in [1.807, 2.05) is 0 Å². The van der Waals surface area contributed by atoms with Crippen molar-refractivity contribution in [2.75, 3.05) is 0 Å². The lowest BCUT2D eigenvalue weighted by molar-refractivity contribution is 0.267. The van der Waals surface area contributed by atoms with Gasteiger partial charge in [0.25, 0.3) is 0 Å². The largest absolute Gasteiger partial charge is 0.325 e. The van der Waals surface area contributed by atoms with E-state index in [0.717, 1.165) is 0 Å². The molecule has 0 aromatic heterocycles. The SMILES string of the molecule is CCCCCCCCCCCCCCCCC(CCCCCCCCCCCC)C(C)(C)N. The van der Waals surface area contributed by atoms with Gasteiger partial charge in [-0.2, -0.15) is 0 Å². The minimum absolute atomic E-state index is 0.00415. The lowest BCUT2D eigenvalue weighted by Gasteiger charge is -2.31. The maximum absolute atomic E-state index is 6.55. The van der Waals surface area contributed by atoms with Crippen molar-refractivity contribution in [1.82, 2.24) is 0 Å². The van der Waals surface area contributed by atoms with Gasteiger partial charge in [-0.3, -0.25) is 0 Å². The Bertz CT molecular complexity index is 356. The van der Waals surface area contributed by atoms with Crippen LogP contribution in [0.4, 0.5) is 0 Å². The van der Waals surface area contributed by atoms with Crippen molar-refractivity contribution in [2.24, 2.45) is 11.7 Å². The highest BCUT2D eigenvalue weighted by atomic mass is 14.7. The van der Waals surface area contributed by atoms with Gasteiger partial charge in [-0.05, 0) is 32.6 Å². The van der Waals surface area contributed by atoms with Gasteiger partial charge in [-0.15, -0.1) is 0 Å². The molecule has 0 aromatic carbocycles. The molecular weight excluding hydrogens is 398 g/mol. The number of hydrogen-bond donors (Lipinski definition) is 1. The topological polar surface area (TPSA) is 26.0 Å². The smallest absolute Gasteiger partial charge is 0.0125 e. The van der Waals surface area contributed by atoms with E-state index in [1.165, 1.54) is 167 Å². The third-order valence-corrected chi connectivity index (χ3v) is 7.86. The zero-order chi connectivity index (χ0) is 24.5. The molecule has 1 unspecified atom stereocenters. The molecule has 0 heterocycles. The molecular formula is C32H67N. The molecule has 0 aliphatic heterocycles. The molecule has 200 valence electrons. The summed E-state index contributed by atoms with van der Waals surface area (Å²) in [5.41, 5.74) is 6.55. The first kappa shape index (κ1) is 33.0. The molecule has 0 radical (unpaired) electrons. The van der Waals surface area contributed by atoms with Gasteiger partial charge in [-0.25, -0.2) is 0 Å². The Hall–Kier alpha value is -0.0400. The Labute approximate surface area is 211 Å². The molecule has 0 spiro atoms. The molecule has 0 aliphatic carbocycles. The minimum atomic E-state index is -0.00415. The second-order valence-electron chi connectivity index (χ2n) is 11.9. The average molecular weight is 466 g/mol. The first-order valence-corrected chi connectivity index (χ1v) is 15.8. The van der Waals surface area contributed by atoms with Crippen molar-refractivity contribution in [2.45, 2.75) is 200 Å². The molecule has 0 aromatic rings. The first-order chi connectivity index (χ1) is 16.0. The van der Waals surface area contributed by atoms with Crippen LogP contribution in [0.2, 0.25) is 0 Å². The number of hydrogen-bond acceptors (Lipinski definition) is 1. The Morgan fingerprint density at radius 2 is 0.606 bits per heavy atom. The van der Waals surface area contributed by atoms with E-state index in [0.29, 0.717) is 5.92 Å². The Morgan fingerprint density at radius 3 is 0.818 bits per heavy atom. The summed E-state index contributed by atoms with van der Waals surface area (Å²) < 4.78 is 0. The summed E-state index contributed by atoms with van der Waals surface area (Å²) in [6.45, 7) is 9.13. The van der Waals surface area contributed by atoms with Crippen molar-refractivity contribution >= 4 is 0 Å². The fourth-order valence-corrected chi connectivity index (χ4v) is 5.35. The molecule has 0 saturated carbocycles. The van der Waals surface area contributed by atoms with Gasteiger partial charge in [0, 0.05) is 5.54 Å². The number of rotatable bonds is 27. The van der Waals surface area contributed by atoms with E-state index in [1.54, 1.807) is 0 Å². The van der Waals surface area contributed by atoms with E-state index in [9.17, 15) is 0 Å². The zero-order valence-electron chi connectivity index (χ0n) is 24.0. The van der Waals surface area contributed by atoms with Gasteiger partial charge < -0.3 is 5.73 Å². The van der Waals surface area contributed by atoms with Gasteiger partial charge in [-0.1, -0.05) is 168 Å². The Morgan fingerprint density at radius 1 is 0.394 bits per heavy atom. The van der Waals surface area contributed by atoms with Crippen molar-refractivity contribution in [3.05, 3.63) is 0 Å². The quantitative estimate of drug-likeness (QED) is 0.120. The predicted molar refractivity (Wildman–Crippen MR) is 153 cm³/mol. The van der Waals surface area contributed by atoms with Crippen molar-refractivity contribution in [1.29, 1.82) is 0 Å². The summed E-state index contributed by atoms with van der Waals surface area (Å²) in [6, 6.07) is 0. The van der Waals surface area contributed by atoms with E-state index < -0.39 is 0 Å². The number of unbranched alkanes of at least 4 members (excludes halogenated alkanes) is 22. The molecule has 1 heteroatoms. The molecule has 33 heavy (non-hydrogen) atoms. The third-order valence-electron chi connectivity index (χ3n) is 7.86. The lowest BCUT2D eigenvalue weighted by Crippen LogP contribution is -2.40. The van der Waals surface area contributed by atoms with Crippen LogP contribution in [0, 0.1) is 5.92 Å². The van der Waals surface area contributed by atoms with E-state index in [-0.39, 0.29) is 5.54 Å². The summed E-state index contributed by atoms with van der Waals surface area (Å²) in [5, 5.41) is 0. The van der Waals surface area contributed by atoms with Crippen LogP contribution >= 0.6 is 0 Å². The fraction of sp³-hybridized carbons (Fsp3) is 1.00. The van der Waals surface area contributed by atoms with Crippen LogP contribution in [-0.2, 0) is 0 Å². The van der Waals surface area contributed by atoms with Gasteiger partial charge in [0.15, 0.2) is 0 Å². The fourth-order valence-electron chi connectivity index (χ4n) is 5.35. The monoisotopic (exact) mass is 466 g/mol. The van der Waals surface area contributed by atoms with Crippen LogP contribution in [0.15, 0.2) is 0 Å². The highest BCUT2D eigenvalue weighted by molar-refractivity contribution is 4.82. The molecule has 0 fully saturated rings. The van der Waals surface area contributed by atoms with Crippen molar-refractivity contribution in [3.8, 4) is 0 Å². The zero-order valence-corrected chi connectivity index (χ0v) is 24.0. The van der Waals surface area contributed by atoms with Crippen LogP contribution < -0.4 is 5.73 Å². The van der Waals surface area contributed by atoms with Gasteiger partial charge >= 0.3 is 0 Å². The summed E-state index contributed by atoms with van der Waals surface area (Å²) in [6.07, 6.45) is 37.2. The highest BCUT2D eigenvalue weighted by Gasteiger charge is 2.23. The molecule has 0 aliphatic rings. The summed E-state index contributed by atoms with van der Waals surface area (Å²) in [7, 11) is 0. The second kappa shape index (κ2) is 25.1. The molecule has 0 saturated heterocycles. The average Bonchev–Trinajstić information content (AvgIpc) is 2.78. The summed E-state index contributed by atoms with van der Waals surface area (Å²) in [4.78, 5) is 0. The Kier molecular flexibility index (Phi) is 25.0. The second-order valence-corrected chi connectivity index (χ2v) is 11.9. The lowest BCUT2D eigenvalue weighted by atomic mass is 9.80. The molecule has 0 bridgehead atoms. The number of nitrogens with two attached hydrogens (primary N) is 1. The molecule has 1 atom stereocenters. The highest BCUT2D eigenvalue weighted by Crippen LogP contribution is 2.27. The summed E-state index contributed by atoms with van der Waals surface area (Å²) >= 11 is 0. The molecule has 2 N–H and O–H groups in total. The van der Waals surface area contributed by atoms with Crippen LogP contribution in [0.5, 0.6) is 0 Å². The van der Waals surface area contributed by atoms with Crippen LogP contribution in [0.3, 0.4) is 0 Å². The van der Waals surface area contributed by atoms with Gasteiger partial charge in [0.2, 0.25) is 0 Å². The van der Waals surface area contributed by atoms with E-state index in [2.05, 4.69) is 27.7 Å². The van der Waals surface area contributed by atoms with E-state index in [4.69, 9.17) is 5.73 Å². The van der Waals surface area contributed by atoms with Crippen molar-refractivity contribution < 1.29 is 0 Å². The maximum Gasteiger partial charge on any atom is 0.0125 e. The van der Waals surface area contributed by atoms with Gasteiger partial charge in [0.1, 0.15) is 0 Å². The van der Waals surface area contributed by atoms with Crippen LogP contribution in [0.25, 0.3) is 0 Å². The first-order valence-electron chi connectivity index (χ1n) is 15.8. The Balaban J connectivity index is 3.54. The van der Waals surface area contributed by atoms with E-state index >= 15 is 0 Å². The van der Waals surface area contributed by atoms with Crippen LogP contribution in [-0.4, -0.2) is 5.54 Å². The molecule has 1 nitrogen and oxygen atoms in total. The summed E-state index contributed by atoms with van der Waals surface area (Å²) in [5.74, 6) is 0.712. The van der Waals surface area contributed by atoms with Crippen molar-refractivity contribution in [3.63, 3.8) is 0 Å². The third kappa shape index (κ3) is 24.9. The van der Waals surface area contributed by atoms with Crippen LogP contribution in [0.1, 0.15) is 195 Å². The normalized spacial score (nSPS) is 13.0. The predicted octanol–water partition coefficient (Wildman–Crippen LogP) is 11.5.